The van der Waals surface area contributed by atoms with Crippen molar-refractivity contribution < 1.29 is 9.59 Å². The number of hydrogen-bond donors (Lipinski definition) is 0. The highest BCUT2D eigenvalue weighted by molar-refractivity contribution is 5.97. The molecule has 0 atom stereocenters. The van der Waals surface area contributed by atoms with Gasteiger partial charge in [0.2, 0.25) is 5.91 Å². The van der Waals surface area contributed by atoms with E-state index in [9.17, 15) is 9.59 Å². The molecule has 0 saturated heterocycles. The van der Waals surface area contributed by atoms with Crippen LogP contribution >= 0.6 is 0 Å². The van der Waals surface area contributed by atoms with Gasteiger partial charge in [0, 0.05) is 50.3 Å². The van der Waals surface area contributed by atoms with E-state index in [1.807, 2.05) is 36.4 Å². The number of benzene rings is 1. The Balaban J connectivity index is 1.76. The Morgan fingerprint density at radius 2 is 1.73 bits per heavy atom. The van der Waals surface area contributed by atoms with Crippen LogP contribution in [0.15, 0.2) is 54.7 Å². The molecule has 22 heavy (non-hydrogen) atoms. The van der Waals surface area contributed by atoms with Crippen molar-refractivity contribution in [1.82, 2.24) is 9.88 Å². The third-order valence-corrected chi connectivity index (χ3v) is 3.52. The van der Waals surface area contributed by atoms with E-state index in [0.717, 1.165) is 12.1 Å². The summed E-state index contributed by atoms with van der Waals surface area (Å²) >= 11 is 0. The SMILES string of the molecule is CN(CCc1ccccn1)C(=O)CCC(=O)c1ccccc1. The highest BCUT2D eigenvalue weighted by Crippen LogP contribution is 2.07. The summed E-state index contributed by atoms with van der Waals surface area (Å²) in [6.45, 7) is 0.607. The molecule has 0 aliphatic carbocycles. The summed E-state index contributed by atoms with van der Waals surface area (Å²) in [5, 5.41) is 0. The van der Waals surface area contributed by atoms with Crippen LogP contribution in [0.2, 0.25) is 0 Å². The van der Waals surface area contributed by atoms with Crippen molar-refractivity contribution in [3.63, 3.8) is 0 Å². The van der Waals surface area contributed by atoms with Crippen LogP contribution in [0.5, 0.6) is 0 Å². The van der Waals surface area contributed by atoms with Crippen LogP contribution in [0.25, 0.3) is 0 Å². The van der Waals surface area contributed by atoms with Crippen LogP contribution in [-0.2, 0) is 11.2 Å². The van der Waals surface area contributed by atoms with E-state index in [0.29, 0.717) is 12.1 Å². The predicted octanol–water partition coefficient (Wildman–Crippen LogP) is 2.75. The van der Waals surface area contributed by atoms with Crippen molar-refractivity contribution in [1.29, 1.82) is 0 Å². The highest BCUT2D eigenvalue weighted by Gasteiger charge is 2.12. The number of carbonyl (C=O) groups is 2. The second-order valence-corrected chi connectivity index (χ2v) is 5.18. The number of carbonyl (C=O) groups excluding carboxylic acids is 2. The van der Waals surface area contributed by atoms with Gasteiger partial charge in [0.1, 0.15) is 0 Å². The lowest BCUT2D eigenvalue weighted by atomic mass is 10.1. The van der Waals surface area contributed by atoms with Crippen molar-refractivity contribution >= 4 is 11.7 Å². The summed E-state index contributed by atoms with van der Waals surface area (Å²) in [6.07, 6.45) is 2.95. The van der Waals surface area contributed by atoms with Gasteiger partial charge < -0.3 is 4.90 Å². The van der Waals surface area contributed by atoms with Gasteiger partial charge in [0.25, 0.3) is 0 Å². The fraction of sp³-hybridized carbons (Fsp3) is 0.278. The molecule has 0 saturated carbocycles. The first-order valence-corrected chi connectivity index (χ1v) is 7.39. The molecule has 0 aliphatic rings. The lowest BCUT2D eigenvalue weighted by Crippen LogP contribution is -2.29. The monoisotopic (exact) mass is 296 g/mol. The van der Waals surface area contributed by atoms with Crippen LogP contribution in [0.3, 0.4) is 0 Å². The van der Waals surface area contributed by atoms with Crippen LogP contribution in [0.1, 0.15) is 28.9 Å². The predicted molar refractivity (Wildman–Crippen MR) is 85.6 cm³/mol. The fourth-order valence-corrected chi connectivity index (χ4v) is 2.13. The van der Waals surface area contributed by atoms with Gasteiger partial charge in [-0.1, -0.05) is 36.4 Å². The molecule has 4 nitrogen and oxygen atoms in total. The van der Waals surface area contributed by atoms with Gasteiger partial charge in [-0.25, -0.2) is 0 Å². The molecule has 0 fully saturated rings. The number of ketones is 1. The maximum atomic E-state index is 12.1. The third-order valence-electron chi connectivity index (χ3n) is 3.52. The van der Waals surface area contributed by atoms with Crippen molar-refractivity contribution in [3.05, 3.63) is 66.0 Å². The molecule has 2 aromatic rings. The molecule has 1 amide bonds. The first kappa shape index (κ1) is 15.9. The second kappa shape index (κ2) is 8.08. The summed E-state index contributed by atoms with van der Waals surface area (Å²) < 4.78 is 0. The summed E-state index contributed by atoms with van der Waals surface area (Å²) in [7, 11) is 1.76. The summed E-state index contributed by atoms with van der Waals surface area (Å²) in [4.78, 5) is 29.9. The topological polar surface area (TPSA) is 50.3 Å². The highest BCUT2D eigenvalue weighted by atomic mass is 16.2. The zero-order valence-electron chi connectivity index (χ0n) is 12.7. The normalized spacial score (nSPS) is 10.2. The zero-order chi connectivity index (χ0) is 15.8. The van der Waals surface area contributed by atoms with Crippen molar-refractivity contribution in [2.45, 2.75) is 19.3 Å². The molecule has 0 unspecified atom stereocenters. The van der Waals surface area contributed by atoms with E-state index in [1.54, 1.807) is 30.3 Å². The summed E-state index contributed by atoms with van der Waals surface area (Å²) in [5.41, 5.74) is 1.62. The molecule has 0 radical (unpaired) electrons. The molecule has 2 rings (SSSR count). The molecule has 0 spiro atoms. The maximum Gasteiger partial charge on any atom is 0.222 e. The quantitative estimate of drug-likeness (QED) is 0.738. The molecule has 114 valence electrons. The van der Waals surface area contributed by atoms with Crippen LogP contribution in [0, 0.1) is 0 Å². The van der Waals surface area contributed by atoms with Gasteiger partial charge in [-0.05, 0) is 12.1 Å². The lowest BCUT2D eigenvalue weighted by molar-refractivity contribution is -0.129. The minimum Gasteiger partial charge on any atom is -0.345 e. The zero-order valence-corrected chi connectivity index (χ0v) is 12.7. The van der Waals surface area contributed by atoms with E-state index < -0.39 is 0 Å². The number of hydrogen-bond acceptors (Lipinski definition) is 3. The minimum absolute atomic E-state index is 0.00655. The van der Waals surface area contributed by atoms with E-state index in [-0.39, 0.29) is 24.5 Å². The number of nitrogens with zero attached hydrogens (tertiary/aromatic N) is 2. The Labute approximate surface area is 130 Å². The van der Waals surface area contributed by atoms with Gasteiger partial charge in [0.05, 0.1) is 0 Å². The van der Waals surface area contributed by atoms with Gasteiger partial charge in [-0.15, -0.1) is 0 Å². The van der Waals surface area contributed by atoms with Gasteiger partial charge in [-0.3, -0.25) is 14.6 Å². The first-order valence-electron chi connectivity index (χ1n) is 7.39. The second-order valence-electron chi connectivity index (χ2n) is 5.18. The van der Waals surface area contributed by atoms with E-state index in [2.05, 4.69) is 4.98 Å². The average Bonchev–Trinajstić information content (AvgIpc) is 2.58. The van der Waals surface area contributed by atoms with Gasteiger partial charge >= 0.3 is 0 Å². The molecule has 1 aromatic heterocycles. The van der Waals surface area contributed by atoms with Crippen molar-refractivity contribution in [2.24, 2.45) is 0 Å². The van der Waals surface area contributed by atoms with Gasteiger partial charge in [0.15, 0.2) is 5.78 Å². The van der Waals surface area contributed by atoms with Gasteiger partial charge in [-0.2, -0.15) is 0 Å². The van der Waals surface area contributed by atoms with Crippen molar-refractivity contribution in [3.8, 4) is 0 Å². The molecule has 4 heteroatoms. The van der Waals surface area contributed by atoms with Crippen LogP contribution < -0.4 is 0 Å². The Kier molecular flexibility index (Phi) is 5.83. The Morgan fingerprint density at radius 3 is 2.41 bits per heavy atom. The minimum atomic E-state index is -0.0137. The molecular formula is C18H20N2O2. The number of pyridine rings is 1. The van der Waals surface area contributed by atoms with Crippen LogP contribution in [0.4, 0.5) is 0 Å². The molecule has 0 bridgehead atoms. The molecule has 1 heterocycles. The van der Waals surface area contributed by atoms with E-state index in [1.165, 1.54) is 0 Å². The number of amides is 1. The standard InChI is InChI=1S/C18H20N2O2/c1-20(14-12-16-9-5-6-13-19-16)18(22)11-10-17(21)15-7-3-2-4-8-15/h2-9,13H,10-12,14H2,1H3. The molecular weight excluding hydrogens is 276 g/mol. The number of aromatic nitrogens is 1. The molecule has 1 aromatic carbocycles. The maximum absolute atomic E-state index is 12.1. The third kappa shape index (κ3) is 4.81. The number of rotatable bonds is 7. The first-order chi connectivity index (χ1) is 10.7. The Bertz CT molecular complexity index is 611. The Morgan fingerprint density at radius 1 is 1.00 bits per heavy atom. The lowest BCUT2D eigenvalue weighted by Gasteiger charge is -2.16. The van der Waals surface area contributed by atoms with E-state index >= 15 is 0 Å². The largest absolute Gasteiger partial charge is 0.345 e. The van der Waals surface area contributed by atoms with E-state index in [4.69, 9.17) is 0 Å². The average molecular weight is 296 g/mol. The smallest absolute Gasteiger partial charge is 0.222 e. The number of Topliss-reactive ketones (excluding diaryl/α,β-unsaturated/α-hetero) is 1. The molecule has 0 N–H and O–H groups in total. The fourth-order valence-electron chi connectivity index (χ4n) is 2.13. The number of likely N-dealkylation sites (N-methyl/N-ethyl adjacent to an activating group) is 1. The molecule has 0 aliphatic heterocycles. The summed E-state index contributed by atoms with van der Waals surface area (Å²) in [5.74, 6) is -0.00714. The Hall–Kier alpha value is -2.49. The van der Waals surface area contributed by atoms with Crippen LogP contribution in [-0.4, -0.2) is 35.2 Å². The summed E-state index contributed by atoms with van der Waals surface area (Å²) in [6, 6.07) is 14.8. The van der Waals surface area contributed by atoms with Crippen molar-refractivity contribution in [2.75, 3.05) is 13.6 Å².